The van der Waals surface area contributed by atoms with E-state index < -0.39 is 8.07 Å². The van der Waals surface area contributed by atoms with E-state index in [0.29, 0.717) is 5.92 Å². The van der Waals surface area contributed by atoms with Crippen LogP contribution in [-0.2, 0) is 0 Å². The molecule has 1 aromatic rings. The number of allylic oxidation sites excluding steroid dienone is 3. The van der Waals surface area contributed by atoms with Gasteiger partial charge in [-0.3, -0.25) is 0 Å². The molecule has 0 N–H and O–H groups in total. The highest BCUT2D eigenvalue weighted by atomic mass is 28.3. The lowest BCUT2D eigenvalue weighted by Gasteiger charge is -2.11. The fraction of sp³-hybridized carbons (Fsp3) is 0.286. The van der Waals surface area contributed by atoms with Crippen molar-refractivity contribution in [2.24, 2.45) is 5.92 Å². The predicted octanol–water partition coefficient (Wildman–Crippen LogP) is 4.13. The zero-order valence-electron chi connectivity index (χ0n) is 9.75. The highest BCUT2D eigenvalue weighted by Crippen LogP contribution is 2.51. The van der Waals surface area contributed by atoms with Gasteiger partial charge in [-0.2, -0.15) is 0 Å². The number of rotatable bonds is 3. The maximum Gasteiger partial charge on any atom is 0.0740 e. The monoisotopic (exact) mass is 214 g/mol. The average molecular weight is 214 g/mol. The van der Waals surface area contributed by atoms with E-state index in [0.717, 1.165) is 0 Å². The van der Waals surface area contributed by atoms with E-state index in [1.54, 1.807) is 10.8 Å². The third-order valence-corrected chi connectivity index (χ3v) is 5.15. The van der Waals surface area contributed by atoms with Crippen molar-refractivity contribution in [3.05, 3.63) is 53.7 Å². The Bertz CT molecular complexity index is 407. The lowest BCUT2D eigenvalue weighted by molar-refractivity contribution is 1.23. The zero-order chi connectivity index (χ0) is 11.1. The second kappa shape index (κ2) is 3.49. The quantitative estimate of drug-likeness (QED) is 0.524. The summed E-state index contributed by atoms with van der Waals surface area (Å²) in [5.41, 5.74) is 2.93. The van der Waals surface area contributed by atoms with Gasteiger partial charge in [-0.15, -0.1) is 6.58 Å². The SMILES string of the molecule is C=CC1C(c2ccccc2)=C1[Si](C)(C)C. The smallest absolute Gasteiger partial charge is 0.0740 e. The minimum atomic E-state index is -1.14. The van der Waals surface area contributed by atoms with Crippen LogP contribution in [0.4, 0.5) is 0 Å². The summed E-state index contributed by atoms with van der Waals surface area (Å²) in [5, 5.41) is 1.68. The van der Waals surface area contributed by atoms with Gasteiger partial charge in [-0.1, -0.05) is 61.2 Å². The van der Waals surface area contributed by atoms with Gasteiger partial charge in [0.15, 0.2) is 0 Å². The molecule has 0 saturated heterocycles. The standard InChI is InChI=1S/C14H18Si/c1-5-12-13(14(12)15(2,3)4)11-9-7-6-8-10-11/h5-10,12H,1H2,2-4H3. The first-order valence-electron chi connectivity index (χ1n) is 5.48. The van der Waals surface area contributed by atoms with E-state index in [4.69, 9.17) is 0 Å². The molecule has 0 saturated carbocycles. The van der Waals surface area contributed by atoms with Crippen LogP contribution in [0.15, 0.2) is 48.2 Å². The molecule has 0 radical (unpaired) electrons. The summed E-state index contributed by atoms with van der Waals surface area (Å²) < 4.78 is 0. The van der Waals surface area contributed by atoms with Crippen LogP contribution in [0.1, 0.15) is 5.56 Å². The molecule has 0 nitrogen and oxygen atoms in total. The zero-order valence-corrected chi connectivity index (χ0v) is 10.7. The van der Waals surface area contributed by atoms with Gasteiger partial charge in [0, 0.05) is 5.92 Å². The van der Waals surface area contributed by atoms with Crippen molar-refractivity contribution >= 4 is 13.6 Å². The van der Waals surface area contributed by atoms with Gasteiger partial charge in [-0.25, -0.2) is 0 Å². The number of hydrogen-bond acceptors (Lipinski definition) is 0. The van der Waals surface area contributed by atoms with Crippen LogP contribution >= 0.6 is 0 Å². The van der Waals surface area contributed by atoms with E-state index in [9.17, 15) is 0 Å². The van der Waals surface area contributed by atoms with E-state index in [1.165, 1.54) is 5.56 Å². The van der Waals surface area contributed by atoms with Crippen molar-refractivity contribution in [1.29, 1.82) is 0 Å². The third kappa shape index (κ3) is 1.84. The van der Waals surface area contributed by atoms with Gasteiger partial charge < -0.3 is 0 Å². The molecule has 1 atom stereocenters. The summed E-state index contributed by atoms with van der Waals surface area (Å²) in [6.45, 7) is 11.2. The van der Waals surface area contributed by atoms with Gasteiger partial charge in [-0.05, 0) is 11.1 Å². The van der Waals surface area contributed by atoms with Crippen molar-refractivity contribution in [3.8, 4) is 0 Å². The van der Waals surface area contributed by atoms with Crippen molar-refractivity contribution < 1.29 is 0 Å². The number of hydrogen-bond donors (Lipinski definition) is 0. The first kappa shape index (κ1) is 10.4. The van der Waals surface area contributed by atoms with E-state index in [2.05, 4.69) is 62.6 Å². The summed E-state index contributed by atoms with van der Waals surface area (Å²) in [4.78, 5) is 0. The summed E-state index contributed by atoms with van der Waals surface area (Å²) in [5.74, 6) is 0.569. The van der Waals surface area contributed by atoms with Crippen molar-refractivity contribution in [3.63, 3.8) is 0 Å². The maximum atomic E-state index is 3.94. The van der Waals surface area contributed by atoms with Crippen LogP contribution in [0.2, 0.25) is 19.6 Å². The lowest BCUT2D eigenvalue weighted by atomic mass is 10.1. The van der Waals surface area contributed by atoms with Crippen LogP contribution in [0, 0.1) is 5.92 Å². The van der Waals surface area contributed by atoms with Crippen LogP contribution < -0.4 is 0 Å². The molecule has 78 valence electrons. The molecule has 0 amide bonds. The van der Waals surface area contributed by atoms with Gasteiger partial charge in [0.05, 0.1) is 8.07 Å². The molecule has 0 aliphatic heterocycles. The van der Waals surface area contributed by atoms with E-state index in [-0.39, 0.29) is 0 Å². The molecule has 2 rings (SSSR count). The molecule has 1 aliphatic rings. The number of benzene rings is 1. The molecule has 0 spiro atoms. The topological polar surface area (TPSA) is 0 Å². The van der Waals surface area contributed by atoms with E-state index in [1.807, 2.05) is 0 Å². The highest BCUT2D eigenvalue weighted by Gasteiger charge is 2.42. The predicted molar refractivity (Wildman–Crippen MR) is 70.4 cm³/mol. The minimum absolute atomic E-state index is 0.569. The summed E-state index contributed by atoms with van der Waals surface area (Å²) in [6.07, 6.45) is 2.09. The van der Waals surface area contributed by atoms with Gasteiger partial charge in [0.1, 0.15) is 0 Å². The third-order valence-electron chi connectivity index (χ3n) is 2.96. The minimum Gasteiger partial charge on any atom is -0.102 e. The molecule has 1 aliphatic carbocycles. The molecular formula is C14H18Si. The van der Waals surface area contributed by atoms with Gasteiger partial charge in [0.25, 0.3) is 0 Å². The average Bonchev–Trinajstić information content (AvgIpc) is 2.92. The Morgan fingerprint density at radius 3 is 2.13 bits per heavy atom. The van der Waals surface area contributed by atoms with Crippen LogP contribution in [-0.4, -0.2) is 8.07 Å². The molecule has 0 fully saturated rings. The van der Waals surface area contributed by atoms with Crippen LogP contribution in [0.3, 0.4) is 0 Å². The Morgan fingerprint density at radius 1 is 1.13 bits per heavy atom. The fourth-order valence-electron chi connectivity index (χ4n) is 2.30. The van der Waals surface area contributed by atoms with Crippen molar-refractivity contribution in [2.45, 2.75) is 19.6 Å². The Balaban J connectivity index is 2.38. The van der Waals surface area contributed by atoms with E-state index >= 15 is 0 Å². The maximum absolute atomic E-state index is 3.94. The summed E-state index contributed by atoms with van der Waals surface area (Å²) in [7, 11) is -1.14. The Morgan fingerprint density at radius 2 is 1.73 bits per heavy atom. The molecule has 1 heteroatoms. The second-order valence-corrected chi connectivity index (χ2v) is 10.2. The second-order valence-electron chi connectivity index (χ2n) is 5.16. The Kier molecular flexibility index (Phi) is 2.43. The Hall–Kier alpha value is -1.08. The first-order chi connectivity index (χ1) is 7.05. The van der Waals surface area contributed by atoms with Gasteiger partial charge >= 0.3 is 0 Å². The molecule has 0 heterocycles. The molecule has 0 aromatic heterocycles. The summed E-state index contributed by atoms with van der Waals surface area (Å²) in [6, 6.07) is 10.7. The fourth-order valence-corrected chi connectivity index (χ4v) is 4.53. The Labute approximate surface area is 93.3 Å². The molecule has 1 unspecified atom stereocenters. The largest absolute Gasteiger partial charge is 0.102 e. The molecule has 15 heavy (non-hydrogen) atoms. The molecular weight excluding hydrogens is 196 g/mol. The van der Waals surface area contributed by atoms with Gasteiger partial charge in [0.2, 0.25) is 0 Å². The van der Waals surface area contributed by atoms with Crippen molar-refractivity contribution in [2.75, 3.05) is 0 Å². The van der Waals surface area contributed by atoms with Crippen LogP contribution in [0.25, 0.3) is 5.57 Å². The highest BCUT2D eigenvalue weighted by molar-refractivity contribution is 6.86. The summed E-state index contributed by atoms with van der Waals surface area (Å²) >= 11 is 0. The molecule has 1 aromatic carbocycles. The normalized spacial score (nSPS) is 20.3. The lowest BCUT2D eigenvalue weighted by Crippen LogP contribution is -2.19. The first-order valence-corrected chi connectivity index (χ1v) is 8.98. The van der Waals surface area contributed by atoms with Crippen molar-refractivity contribution in [1.82, 2.24) is 0 Å². The molecule has 0 bridgehead atoms. The van der Waals surface area contributed by atoms with Crippen LogP contribution in [0.5, 0.6) is 0 Å².